The van der Waals surface area contributed by atoms with Crippen LogP contribution < -0.4 is 30.6 Å². The Bertz CT molecular complexity index is 1390. The van der Waals surface area contributed by atoms with Crippen LogP contribution in [0.4, 0.5) is 10.5 Å². The molecule has 1 fully saturated rings. The Kier molecular flexibility index (Phi) is 8.24. The lowest BCUT2D eigenvalue weighted by atomic mass is 10.2. The van der Waals surface area contributed by atoms with E-state index in [1.54, 1.807) is 41.2 Å². The fourth-order valence-corrected chi connectivity index (χ4v) is 45.3. The highest BCUT2D eigenvalue weighted by atomic mass is 33.7. The lowest BCUT2D eigenvalue weighted by Crippen LogP contribution is -2.16. The van der Waals surface area contributed by atoms with Gasteiger partial charge in [0.15, 0.2) is 0 Å². The van der Waals surface area contributed by atoms with E-state index in [1.807, 2.05) is 36.4 Å². The van der Waals surface area contributed by atoms with Gasteiger partial charge in [-0.15, -0.1) is 0 Å². The van der Waals surface area contributed by atoms with Crippen molar-refractivity contribution in [3.8, 4) is 17.2 Å². The third-order valence-electron chi connectivity index (χ3n) is 4.80. The van der Waals surface area contributed by atoms with Crippen LogP contribution in [0.1, 0.15) is 10.4 Å². The average molecular weight is 600 g/mol. The molecule has 0 radical (unpaired) electrons. The Morgan fingerprint density at radius 1 is 0.917 bits per heavy atom. The zero-order valence-corrected chi connectivity index (χ0v) is 23.6. The van der Waals surface area contributed by atoms with E-state index in [0.29, 0.717) is 5.75 Å². The van der Waals surface area contributed by atoms with E-state index in [1.165, 1.54) is 18.2 Å². The Balaban J connectivity index is 1.30. The van der Waals surface area contributed by atoms with Gasteiger partial charge in [-0.25, -0.2) is 9.59 Å². The molecule has 1 aliphatic rings. The van der Waals surface area contributed by atoms with Crippen LogP contribution in [-0.4, -0.2) is 31.1 Å². The number of nitrogens with two attached hydrogens (primary N) is 1. The number of nitrogen functional groups attached to an aromatic ring is 1. The molecule has 14 heteroatoms. The molecule has 0 aromatic heterocycles. The average Bonchev–Trinajstić information content (AvgIpc) is 2.84. The summed E-state index contributed by atoms with van der Waals surface area (Å²) in [6.07, 6.45) is -1.11. The van der Waals surface area contributed by atoms with E-state index >= 15 is 0 Å². The summed E-state index contributed by atoms with van der Waals surface area (Å²) in [6, 6.07) is 19.0. The van der Waals surface area contributed by atoms with E-state index in [4.69, 9.17) is 48.3 Å². The predicted octanol–water partition coefficient (Wildman–Crippen LogP) is 5.58. The van der Waals surface area contributed by atoms with Gasteiger partial charge in [-0.05, 0) is 66.7 Å². The van der Waals surface area contributed by atoms with Crippen molar-refractivity contribution in [1.82, 2.24) is 0 Å². The first-order chi connectivity index (χ1) is 17.1. The Morgan fingerprint density at radius 3 is 2.00 bits per heavy atom. The summed E-state index contributed by atoms with van der Waals surface area (Å²) >= 11 is 15.4. The molecule has 8 nitrogen and oxygen atoms in total. The third-order valence-corrected chi connectivity index (χ3v) is 36.0. The van der Waals surface area contributed by atoms with Crippen LogP contribution in [0.3, 0.4) is 0 Å². The molecule has 1 saturated heterocycles. The number of carbonyl (C=O) groups is 2. The minimum absolute atomic E-state index is 0.184. The topological polar surface area (TPSA) is 117 Å². The summed E-state index contributed by atoms with van der Waals surface area (Å²) in [5, 5.41) is 11.4. The van der Waals surface area contributed by atoms with E-state index in [9.17, 15) is 14.7 Å². The number of ether oxygens (including phenoxy) is 4. The summed E-state index contributed by atoms with van der Waals surface area (Å²) in [7, 11) is 1.63. The molecule has 0 saturated carbocycles. The van der Waals surface area contributed by atoms with Gasteiger partial charge in [0.2, 0.25) is 6.79 Å². The second kappa shape index (κ2) is 11.0. The summed E-state index contributed by atoms with van der Waals surface area (Å²) in [4.78, 5) is 23.2. The molecule has 4 rings (SSSR count). The number of carboxylic acid groups (broad SMARTS) is 1. The van der Waals surface area contributed by atoms with Crippen molar-refractivity contribution in [1.29, 1.82) is 0 Å². The first-order valence-corrected chi connectivity index (χ1v) is 19.8. The summed E-state index contributed by atoms with van der Waals surface area (Å²) in [6.45, 7) is -0.425. The minimum Gasteiger partial charge on any atom is -0.497 e. The molecular weight excluding hydrogens is 580 g/mol. The molecule has 1 aliphatic heterocycles. The maximum absolute atomic E-state index is 11.9. The molecule has 0 unspecified atom stereocenters. The van der Waals surface area contributed by atoms with Crippen molar-refractivity contribution >= 4 is 82.9 Å². The van der Waals surface area contributed by atoms with E-state index < -0.39 is 27.8 Å². The van der Waals surface area contributed by atoms with Crippen molar-refractivity contribution in [2.45, 2.75) is 0 Å². The number of methoxy groups -OCH3 is 1. The van der Waals surface area contributed by atoms with Gasteiger partial charge in [-0.3, -0.25) is 0 Å². The van der Waals surface area contributed by atoms with Crippen molar-refractivity contribution in [3.05, 3.63) is 72.3 Å². The van der Waals surface area contributed by atoms with Crippen LogP contribution in [0.2, 0.25) is 0 Å². The normalized spacial score (nSPS) is 20.6. The molecule has 188 valence electrons. The van der Waals surface area contributed by atoms with E-state index in [-0.39, 0.29) is 17.0 Å². The number of aromatic carboxylic acids is 1. The van der Waals surface area contributed by atoms with Gasteiger partial charge in [-0.2, -0.15) is 0 Å². The Labute approximate surface area is 224 Å². The largest absolute Gasteiger partial charge is 0.516 e. The van der Waals surface area contributed by atoms with Crippen LogP contribution in [-0.2, 0) is 28.4 Å². The first-order valence-electron chi connectivity index (χ1n) is 10.1. The maximum Gasteiger partial charge on any atom is 0.516 e. The van der Waals surface area contributed by atoms with Crippen LogP contribution in [0.25, 0.3) is 0 Å². The van der Waals surface area contributed by atoms with Crippen LogP contribution in [0.15, 0.2) is 66.7 Å². The highest BCUT2D eigenvalue weighted by Crippen LogP contribution is 3.04. The molecular formula is C22H19NO7P2S4. The van der Waals surface area contributed by atoms with E-state index in [2.05, 4.69) is 0 Å². The van der Waals surface area contributed by atoms with Gasteiger partial charge < -0.3 is 29.8 Å². The molecule has 0 spiro atoms. The predicted molar refractivity (Wildman–Crippen MR) is 153 cm³/mol. The Hall–Kier alpha value is -2.20. The van der Waals surface area contributed by atoms with Gasteiger partial charge in [0, 0.05) is 16.3 Å². The van der Waals surface area contributed by atoms with Crippen molar-refractivity contribution in [2.75, 3.05) is 19.6 Å². The zero-order valence-electron chi connectivity index (χ0n) is 18.6. The number of hydrogen-bond donors (Lipinski definition) is 2. The van der Waals surface area contributed by atoms with Crippen LogP contribution in [0, 0.1) is 0 Å². The van der Waals surface area contributed by atoms with Gasteiger partial charge >= 0.3 is 12.1 Å². The molecule has 0 aliphatic carbocycles. The number of carbonyl (C=O) groups excluding carboxylic acids is 1. The number of benzene rings is 3. The molecule has 0 atom stereocenters. The summed E-state index contributed by atoms with van der Waals surface area (Å²) in [5.74, 6) is -0.210. The molecule has 36 heavy (non-hydrogen) atoms. The zero-order chi connectivity index (χ0) is 25.9. The maximum atomic E-state index is 11.9. The summed E-state index contributed by atoms with van der Waals surface area (Å²) < 4.78 is 16.8. The quantitative estimate of drug-likeness (QED) is 0.111. The highest BCUT2D eigenvalue weighted by Gasteiger charge is 2.45. The molecule has 1 heterocycles. The molecule has 3 N–H and O–H groups in total. The number of rotatable bonds is 8. The monoisotopic (exact) mass is 599 g/mol. The third kappa shape index (κ3) is 6.02. The Morgan fingerprint density at radius 2 is 1.47 bits per heavy atom. The first kappa shape index (κ1) is 26.9. The number of carboxylic acids is 1. The van der Waals surface area contributed by atoms with Gasteiger partial charge in [0.1, 0.15) is 22.8 Å². The lowest BCUT2D eigenvalue weighted by Gasteiger charge is -2.40. The van der Waals surface area contributed by atoms with Crippen LogP contribution in [0.5, 0.6) is 17.2 Å². The van der Waals surface area contributed by atoms with Gasteiger partial charge in [-0.1, -0.05) is 45.6 Å². The molecule has 0 amide bonds. The van der Waals surface area contributed by atoms with Crippen LogP contribution >= 0.6 is 30.9 Å². The van der Waals surface area contributed by atoms with Crippen molar-refractivity contribution < 1.29 is 33.6 Å². The second-order valence-electron chi connectivity index (χ2n) is 7.17. The minimum atomic E-state index is -1.91. The highest BCUT2D eigenvalue weighted by molar-refractivity contribution is 9.48. The SMILES string of the molecule is COc1ccc(P2(=S)SP(=S)(c3ccc(OCOC(=O)Oc4ccc(N)cc4C(=O)O)cc3)S2)cc1. The fourth-order valence-electron chi connectivity index (χ4n) is 3.04. The van der Waals surface area contributed by atoms with Crippen molar-refractivity contribution in [3.63, 3.8) is 0 Å². The molecule has 3 aromatic carbocycles. The fraction of sp³-hybridized carbons (Fsp3) is 0.0909. The molecule has 3 aromatic rings. The van der Waals surface area contributed by atoms with E-state index in [0.717, 1.165) is 16.4 Å². The van der Waals surface area contributed by atoms with Gasteiger partial charge in [0.25, 0.3) is 0 Å². The van der Waals surface area contributed by atoms with Gasteiger partial charge in [0.05, 0.1) is 16.0 Å². The second-order valence-corrected chi connectivity index (χ2v) is 28.5. The number of anilines is 1. The summed E-state index contributed by atoms with van der Waals surface area (Å²) in [5.41, 5.74) is 5.54. The lowest BCUT2D eigenvalue weighted by molar-refractivity contribution is 0.0309. The van der Waals surface area contributed by atoms with Crippen molar-refractivity contribution in [2.24, 2.45) is 0 Å². The standard InChI is InChI=1S/C22H19NO7P2S4/c1-27-15-3-7-17(8-4-15)31(33)35-32(34,36-31)18-9-5-16(6-10-18)28-13-29-22(26)30-20-11-2-14(23)12-19(20)21(24)25/h2-12H,13,23H2,1H3,(H,24,25). The molecule has 0 bridgehead atoms. The smallest absolute Gasteiger partial charge is 0.497 e. The number of hydrogen-bond acceptors (Lipinski definition) is 11.